The van der Waals surface area contributed by atoms with Gasteiger partial charge in [0.05, 0.1) is 6.61 Å². The van der Waals surface area contributed by atoms with E-state index in [1.165, 1.54) is 36.6 Å². The first-order valence-corrected chi connectivity index (χ1v) is 16.2. The van der Waals surface area contributed by atoms with Gasteiger partial charge in [-0.1, -0.05) is 39.8 Å². The summed E-state index contributed by atoms with van der Waals surface area (Å²) in [6.07, 6.45) is 8.92. The summed E-state index contributed by atoms with van der Waals surface area (Å²) in [6, 6.07) is 5.43. The molecule has 244 valence electrons. The highest BCUT2D eigenvalue weighted by molar-refractivity contribution is 5.74. The number of hydrogen-bond donors (Lipinski definition) is 1. The zero-order valence-corrected chi connectivity index (χ0v) is 27.2. The van der Waals surface area contributed by atoms with Crippen LogP contribution in [0.15, 0.2) is 46.2 Å². The van der Waals surface area contributed by atoms with Crippen molar-refractivity contribution in [1.82, 2.24) is 18.9 Å². The molecule has 4 rings (SSSR count). The predicted octanol–water partition coefficient (Wildman–Crippen LogP) is 4.02. The summed E-state index contributed by atoms with van der Waals surface area (Å²) in [6.45, 7) is 16.7. The van der Waals surface area contributed by atoms with Crippen molar-refractivity contribution in [2.45, 2.75) is 85.2 Å². The molecule has 0 radical (unpaired) electrons. The van der Waals surface area contributed by atoms with Crippen LogP contribution in [0.25, 0.3) is 0 Å². The first-order valence-electron chi connectivity index (χ1n) is 16.2. The molecular weight excluding hydrogens is 560 g/mol. The summed E-state index contributed by atoms with van der Waals surface area (Å²) in [5.74, 6) is -0.724. The fourth-order valence-electron chi connectivity index (χ4n) is 5.46. The lowest BCUT2D eigenvalue weighted by Gasteiger charge is -2.30. The van der Waals surface area contributed by atoms with Crippen molar-refractivity contribution in [2.75, 3.05) is 45.9 Å². The van der Waals surface area contributed by atoms with Gasteiger partial charge < -0.3 is 28.8 Å². The van der Waals surface area contributed by atoms with E-state index >= 15 is 0 Å². The average molecular weight is 613 g/mol. The number of rotatable bonds is 15. The highest BCUT2D eigenvalue weighted by Crippen LogP contribution is 2.19. The van der Waals surface area contributed by atoms with Crippen LogP contribution in [0.4, 0.5) is 0 Å². The second-order valence-corrected chi connectivity index (χ2v) is 12.8. The molecule has 0 aromatic carbocycles. The molecule has 0 amide bonds. The van der Waals surface area contributed by atoms with Crippen LogP contribution in [0.3, 0.4) is 0 Å². The molecule has 10 heteroatoms. The Morgan fingerprint density at radius 2 is 1.18 bits per heavy atom. The SMILES string of the molecule is CC(C)CC(C(=O)O)n1cc(CCN2CCC2)ccc1=O.CCOC(=O)C(CC(C)C)n1cc(CCN2CCC2)ccc1=O. The Hall–Kier alpha value is -3.24. The molecule has 2 aliphatic rings. The lowest BCUT2D eigenvalue weighted by atomic mass is 10.0. The topological polar surface area (TPSA) is 114 Å². The summed E-state index contributed by atoms with van der Waals surface area (Å²) in [5.41, 5.74) is 1.73. The van der Waals surface area contributed by atoms with E-state index in [1.54, 1.807) is 23.8 Å². The van der Waals surface area contributed by atoms with Crippen molar-refractivity contribution in [1.29, 1.82) is 0 Å². The van der Waals surface area contributed by atoms with Crippen molar-refractivity contribution >= 4 is 11.9 Å². The maximum atomic E-state index is 12.3. The Bertz CT molecular complexity index is 1330. The number of ether oxygens (including phenoxy) is 1. The van der Waals surface area contributed by atoms with Crippen LogP contribution in [-0.2, 0) is 27.2 Å². The van der Waals surface area contributed by atoms with Crippen molar-refractivity contribution in [3.63, 3.8) is 0 Å². The van der Waals surface area contributed by atoms with Gasteiger partial charge in [0.25, 0.3) is 11.1 Å². The average Bonchev–Trinajstić information content (AvgIpc) is 2.91. The Balaban J connectivity index is 0.000000241. The maximum Gasteiger partial charge on any atom is 0.329 e. The highest BCUT2D eigenvalue weighted by atomic mass is 16.5. The highest BCUT2D eigenvalue weighted by Gasteiger charge is 2.25. The Labute approximate surface area is 261 Å². The van der Waals surface area contributed by atoms with Gasteiger partial charge in [0.15, 0.2) is 0 Å². The molecule has 1 N–H and O–H groups in total. The number of carboxylic acid groups (broad SMARTS) is 1. The fraction of sp³-hybridized carbons (Fsp3) is 0.647. The number of carbonyl (C=O) groups is 2. The van der Waals surface area contributed by atoms with Crippen LogP contribution in [0.2, 0.25) is 0 Å². The van der Waals surface area contributed by atoms with E-state index in [9.17, 15) is 24.3 Å². The van der Waals surface area contributed by atoms with Crippen LogP contribution in [-0.4, -0.2) is 81.9 Å². The van der Waals surface area contributed by atoms with Crippen molar-refractivity contribution in [2.24, 2.45) is 11.8 Å². The number of carboxylic acids is 1. The third kappa shape index (κ3) is 10.7. The van der Waals surface area contributed by atoms with E-state index in [2.05, 4.69) is 9.80 Å². The van der Waals surface area contributed by atoms with Gasteiger partial charge in [-0.15, -0.1) is 0 Å². The van der Waals surface area contributed by atoms with E-state index in [0.29, 0.717) is 25.4 Å². The summed E-state index contributed by atoms with van der Waals surface area (Å²) in [4.78, 5) is 52.7. The first kappa shape index (κ1) is 35.2. The van der Waals surface area contributed by atoms with E-state index in [4.69, 9.17) is 4.74 Å². The minimum atomic E-state index is -0.939. The summed E-state index contributed by atoms with van der Waals surface area (Å²) in [5, 5.41) is 9.39. The van der Waals surface area contributed by atoms with E-state index in [0.717, 1.165) is 50.1 Å². The van der Waals surface area contributed by atoms with E-state index in [1.807, 2.05) is 46.0 Å². The van der Waals surface area contributed by atoms with Crippen LogP contribution >= 0.6 is 0 Å². The molecule has 4 heterocycles. The molecule has 0 saturated carbocycles. The molecule has 0 bridgehead atoms. The second-order valence-electron chi connectivity index (χ2n) is 12.8. The number of likely N-dealkylation sites (tertiary alicyclic amines) is 2. The molecule has 2 aliphatic heterocycles. The molecule has 0 aliphatic carbocycles. The smallest absolute Gasteiger partial charge is 0.329 e. The Kier molecular flexibility index (Phi) is 13.9. The van der Waals surface area contributed by atoms with Gasteiger partial charge in [-0.25, -0.2) is 9.59 Å². The zero-order valence-electron chi connectivity index (χ0n) is 27.2. The fourth-order valence-corrected chi connectivity index (χ4v) is 5.46. The molecule has 0 spiro atoms. The largest absolute Gasteiger partial charge is 0.480 e. The molecule has 10 nitrogen and oxygen atoms in total. The summed E-state index contributed by atoms with van der Waals surface area (Å²) >= 11 is 0. The molecule has 2 saturated heterocycles. The zero-order chi connectivity index (χ0) is 32.2. The quantitative estimate of drug-likeness (QED) is 0.300. The number of carbonyl (C=O) groups excluding carboxylic acids is 1. The number of aliphatic carboxylic acids is 1. The Morgan fingerprint density at radius 1 is 0.750 bits per heavy atom. The number of pyridine rings is 2. The van der Waals surface area contributed by atoms with Gasteiger partial charge in [-0.3, -0.25) is 9.59 Å². The van der Waals surface area contributed by atoms with Gasteiger partial charge in [0.2, 0.25) is 0 Å². The standard InChI is InChI=1S/C18H28N2O3.C16H24N2O3/c1-4-23-18(22)16(12-14(2)3)20-13-15(6-7-17(20)21)8-11-19-9-5-10-19;1-12(2)10-14(16(20)21)18-11-13(4-5-15(18)19)6-9-17-7-3-8-17/h6-7,13-14,16H,4-5,8-12H2,1-3H3;4-5,11-12,14H,3,6-10H2,1-2H3,(H,20,21). The number of nitrogens with zero attached hydrogens (tertiary/aromatic N) is 4. The van der Waals surface area contributed by atoms with Gasteiger partial charge in [0, 0.05) is 37.6 Å². The van der Waals surface area contributed by atoms with Crippen molar-refractivity contribution in [3.8, 4) is 0 Å². The third-order valence-corrected chi connectivity index (χ3v) is 8.23. The second kappa shape index (κ2) is 17.3. The lowest BCUT2D eigenvalue weighted by Crippen LogP contribution is -2.38. The minimum Gasteiger partial charge on any atom is -0.480 e. The van der Waals surface area contributed by atoms with Crippen LogP contribution in [0, 0.1) is 11.8 Å². The first-order chi connectivity index (χ1) is 21.0. The monoisotopic (exact) mass is 612 g/mol. The normalized spacial score (nSPS) is 16.4. The van der Waals surface area contributed by atoms with Crippen molar-refractivity contribution < 1.29 is 19.4 Å². The predicted molar refractivity (Wildman–Crippen MR) is 172 cm³/mol. The molecule has 2 atom stereocenters. The molecule has 2 unspecified atom stereocenters. The van der Waals surface area contributed by atoms with Gasteiger partial charge in [-0.2, -0.15) is 0 Å². The number of hydrogen-bond acceptors (Lipinski definition) is 7. The van der Waals surface area contributed by atoms with E-state index < -0.39 is 18.1 Å². The van der Waals surface area contributed by atoms with E-state index in [-0.39, 0.29) is 23.0 Å². The van der Waals surface area contributed by atoms with Gasteiger partial charge in [0.1, 0.15) is 12.1 Å². The number of aromatic nitrogens is 2. The van der Waals surface area contributed by atoms with Gasteiger partial charge in [-0.05, 0) is 94.6 Å². The lowest BCUT2D eigenvalue weighted by molar-refractivity contribution is -0.147. The Morgan fingerprint density at radius 3 is 1.55 bits per heavy atom. The van der Waals surface area contributed by atoms with Crippen LogP contribution in [0.5, 0.6) is 0 Å². The summed E-state index contributed by atoms with van der Waals surface area (Å²) in [7, 11) is 0. The van der Waals surface area contributed by atoms with Crippen molar-refractivity contribution in [3.05, 3.63) is 68.5 Å². The minimum absolute atomic E-state index is 0.142. The van der Waals surface area contributed by atoms with Gasteiger partial charge >= 0.3 is 11.9 Å². The molecule has 44 heavy (non-hydrogen) atoms. The maximum absolute atomic E-state index is 12.3. The number of esters is 1. The third-order valence-electron chi connectivity index (χ3n) is 8.23. The van der Waals surface area contributed by atoms with Crippen LogP contribution < -0.4 is 11.1 Å². The molecule has 2 fully saturated rings. The van der Waals surface area contributed by atoms with Crippen LogP contribution in [0.1, 0.15) is 83.5 Å². The molecule has 2 aromatic heterocycles. The molecular formula is C34H52N4O6. The molecule has 2 aromatic rings. The summed E-state index contributed by atoms with van der Waals surface area (Å²) < 4.78 is 8.11.